The van der Waals surface area contributed by atoms with Gasteiger partial charge in [0, 0.05) is 11.5 Å². The van der Waals surface area contributed by atoms with Crippen LogP contribution in [0.15, 0.2) is 18.2 Å². The fraction of sp³-hybridized carbons (Fsp3) is 0.647. The van der Waals surface area contributed by atoms with E-state index in [0.717, 1.165) is 12.3 Å². The summed E-state index contributed by atoms with van der Waals surface area (Å²) in [5.74, 6) is 1.28. The van der Waals surface area contributed by atoms with Crippen LogP contribution in [0.5, 0.6) is 5.75 Å². The van der Waals surface area contributed by atoms with Gasteiger partial charge in [0.2, 0.25) is 0 Å². The second-order valence-electron chi connectivity index (χ2n) is 6.85. The predicted octanol–water partition coefficient (Wildman–Crippen LogP) is 3.66. The molecule has 1 aromatic carbocycles. The van der Waals surface area contributed by atoms with E-state index in [1.54, 1.807) is 5.56 Å². The highest BCUT2D eigenvalue weighted by atomic mass is 79.9. The summed E-state index contributed by atoms with van der Waals surface area (Å²) in [4.78, 5) is 2.57. The normalized spacial score (nSPS) is 35.6. The molecular formula is C17H24BrNO. The minimum absolute atomic E-state index is 0. The fourth-order valence-electron chi connectivity index (χ4n) is 5.21. The van der Waals surface area contributed by atoms with Gasteiger partial charge in [0.05, 0.1) is 0 Å². The molecule has 2 aliphatic carbocycles. The van der Waals surface area contributed by atoms with Crippen LogP contribution >= 0.6 is 17.0 Å². The Morgan fingerprint density at radius 1 is 1.25 bits per heavy atom. The Bertz CT molecular complexity index is 518. The average Bonchev–Trinajstić information content (AvgIpc) is 2.42. The van der Waals surface area contributed by atoms with Gasteiger partial charge in [-0.3, -0.25) is 0 Å². The molecule has 0 aromatic heterocycles. The second kappa shape index (κ2) is 5.03. The third-order valence-corrected chi connectivity index (χ3v) is 6.09. The molecule has 2 fully saturated rings. The molecule has 3 atom stereocenters. The topological polar surface area (TPSA) is 23.5 Å². The Balaban J connectivity index is 0.00000121. The molecule has 1 saturated carbocycles. The summed E-state index contributed by atoms with van der Waals surface area (Å²) in [5, 5.41) is 9.80. The molecule has 110 valence electrons. The van der Waals surface area contributed by atoms with E-state index in [1.807, 2.05) is 12.1 Å². The Labute approximate surface area is 131 Å². The molecule has 3 aliphatic rings. The smallest absolute Gasteiger partial charge is 0.115 e. The zero-order valence-corrected chi connectivity index (χ0v) is 13.9. The lowest BCUT2D eigenvalue weighted by molar-refractivity contribution is 0.00280. The van der Waals surface area contributed by atoms with Crippen molar-refractivity contribution in [2.45, 2.75) is 50.0 Å². The molecule has 3 heteroatoms. The zero-order chi connectivity index (χ0) is 13.0. The van der Waals surface area contributed by atoms with E-state index >= 15 is 0 Å². The van der Waals surface area contributed by atoms with Gasteiger partial charge in [0.1, 0.15) is 5.75 Å². The first-order valence-electron chi connectivity index (χ1n) is 7.73. The number of phenols is 1. The van der Waals surface area contributed by atoms with Gasteiger partial charge in [0.15, 0.2) is 0 Å². The quantitative estimate of drug-likeness (QED) is 0.780. The van der Waals surface area contributed by atoms with E-state index in [2.05, 4.69) is 18.0 Å². The molecular weight excluding hydrogens is 314 g/mol. The van der Waals surface area contributed by atoms with Crippen LogP contribution in [0.3, 0.4) is 0 Å². The standard InChI is InChI=1S/C17H23NO.BrH/c1-18-9-8-17-7-3-2-4-15(17)16(18)11-12-10-13(19)5-6-14(12)17;/h5-6,10,15-16,19H,2-4,7-9,11H2,1H3;1H/t15-,16-,17+;/m0./s1. The van der Waals surface area contributed by atoms with Gasteiger partial charge in [-0.25, -0.2) is 0 Å². The number of likely N-dealkylation sites (tertiary alicyclic amines) is 1. The third-order valence-electron chi connectivity index (χ3n) is 6.09. The van der Waals surface area contributed by atoms with Crippen LogP contribution in [0.4, 0.5) is 0 Å². The lowest BCUT2D eigenvalue weighted by Gasteiger charge is -2.58. The van der Waals surface area contributed by atoms with Crippen LogP contribution in [0, 0.1) is 5.92 Å². The maximum atomic E-state index is 9.80. The van der Waals surface area contributed by atoms with Crippen LogP contribution < -0.4 is 0 Å². The molecule has 1 N–H and O–H groups in total. The number of hydrogen-bond donors (Lipinski definition) is 1. The molecule has 20 heavy (non-hydrogen) atoms. The number of benzene rings is 1. The average molecular weight is 338 g/mol. The maximum absolute atomic E-state index is 9.80. The van der Waals surface area contributed by atoms with Gasteiger partial charge in [-0.05, 0) is 68.5 Å². The van der Waals surface area contributed by atoms with Crippen molar-refractivity contribution in [2.75, 3.05) is 13.6 Å². The summed E-state index contributed by atoms with van der Waals surface area (Å²) in [6, 6.07) is 6.85. The van der Waals surface area contributed by atoms with Gasteiger partial charge in [-0.15, -0.1) is 17.0 Å². The van der Waals surface area contributed by atoms with Crippen LogP contribution in [-0.4, -0.2) is 29.6 Å². The van der Waals surface area contributed by atoms with Crippen LogP contribution in [-0.2, 0) is 11.8 Å². The summed E-state index contributed by atoms with van der Waals surface area (Å²) in [5.41, 5.74) is 3.41. The van der Waals surface area contributed by atoms with E-state index in [0.29, 0.717) is 17.2 Å². The summed E-state index contributed by atoms with van der Waals surface area (Å²) < 4.78 is 0. The van der Waals surface area contributed by atoms with Gasteiger partial charge in [-0.1, -0.05) is 18.9 Å². The Hall–Kier alpha value is -0.540. The summed E-state index contributed by atoms with van der Waals surface area (Å²) in [7, 11) is 2.29. The third kappa shape index (κ3) is 1.86. The molecule has 0 unspecified atom stereocenters. The fourth-order valence-corrected chi connectivity index (χ4v) is 5.21. The lowest BCUT2D eigenvalue weighted by Crippen LogP contribution is -2.59. The van der Waals surface area contributed by atoms with Crippen molar-refractivity contribution in [1.29, 1.82) is 0 Å². The minimum atomic E-state index is 0. The highest BCUT2D eigenvalue weighted by molar-refractivity contribution is 8.93. The van der Waals surface area contributed by atoms with Crippen molar-refractivity contribution in [1.82, 2.24) is 4.90 Å². The minimum Gasteiger partial charge on any atom is -0.508 e. The number of rotatable bonds is 0. The number of piperidine rings is 1. The number of phenolic OH excluding ortho intramolecular Hbond substituents is 1. The Kier molecular flexibility index (Phi) is 3.62. The molecule has 2 bridgehead atoms. The zero-order valence-electron chi connectivity index (χ0n) is 12.1. The lowest BCUT2D eigenvalue weighted by atomic mass is 9.52. The molecule has 1 aliphatic heterocycles. The summed E-state index contributed by atoms with van der Waals surface area (Å²) in [6.45, 7) is 1.24. The van der Waals surface area contributed by atoms with Gasteiger partial charge >= 0.3 is 0 Å². The molecule has 0 amide bonds. The molecule has 1 heterocycles. The van der Waals surface area contributed by atoms with Gasteiger partial charge < -0.3 is 10.0 Å². The number of hydrogen-bond acceptors (Lipinski definition) is 2. The van der Waals surface area contributed by atoms with Gasteiger partial charge in [0.25, 0.3) is 0 Å². The van der Waals surface area contributed by atoms with E-state index in [1.165, 1.54) is 44.2 Å². The first kappa shape index (κ1) is 14.4. The number of aromatic hydroxyl groups is 1. The van der Waals surface area contributed by atoms with Crippen LogP contribution in [0.2, 0.25) is 0 Å². The molecule has 2 nitrogen and oxygen atoms in total. The first-order chi connectivity index (χ1) is 9.21. The van der Waals surface area contributed by atoms with E-state index in [-0.39, 0.29) is 17.0 Å². The molecule has 0 spiro atoms. The number of likely N-dealkylation sites (N-methyl/N-ethyl adjacent to an activating group) is 1. The highest BCUT2D eigenvalue weighted by Crippen LogP contribution is 2.55. The second-order valence-corrected chi connectivity index (χ2v) is 6.85. The number of halogens is 1. The SMILES string of the molecule is Br.CN1CC[C@@]23CCCC[C@H]2[C@@H]1Cc1cc(O)ccc13. The Morgan fingerprint density at radius 3 is 2.95 bits per heavy atom. The number of nitrogens with zero attached hydrogens (tertiary/aromatic N) is 1. The van der Waals surface area contributed by atoms with E-state index in [4.69, 9.17) is 0 Å². The number of fused-ring (bicyclic) bond motifs is 1. The molecule has 1 aromatic rings. The Morgan fingerprint density at radius 2 is 2.10 bits per heavy atom. The van der Waals surface area contributed by atoms with E-state index in [9.17, 15) is 5.11 Å². The van der Waals surface area contributed by atoms with Crippen molar-refractivity contribution < 1.29 is 5.11 Å². The maximum Gasteiger partial charge on any atom is 0.115 e. The highest BCUT2D eigenvalue weighted by Gasteiger charge is 2.52. The molecule has 4 rings (SSSR count). The predicted molar refractivity (Wildman–Crippen MR) is 86.8 cm³/mol. The molecule has 0 radical (unpaired) electrons. The van der Waals surface area contributed by atoms with Crippen LogP contribution in [0.25, 0.3) is 0 Å². The largest absolute Gasteiger partial charge is 0.508 e. The van der Waals surface area contributed by atoms with Gasteiger partial charge in [-0.2, -0.15) is 0 Å². The summed E-state index contributed by atoms with van der Waals surface area (Å²) >= 11 is 0. The van der Waals surface area contributed by atoms with Crippen LogP contribution in [0.1, 0.15) is 43.2 Å². The van der Waals surface area contributed by atoms with Crippen molar-refractivity contribution in [2.24, 2.45) is 5.92 Å². The first-order valence-corrected chi connectivity index (χ1v) is 7.73. The van der Waals surface area contributed by atoms with E-state index < -0.39 is 0 Å². The van der Waals surface area contributed by atoms with Crippen molar-refractivity contribution >= 4 is 17.0 Å². The summed E-state index contributed by atoms with van der Waals surface area (Å²) in [6.07, 6.45) is 7.99. The monoisotopic (exact) mass is 337 g/mol. The molecule has 1 saturated heterocycles. The van der Waals surface area contributed by atoms with Crippen molar-refractivity contribution in [3.63, 3.8) is 0 Å². The van der Waals surface area contributed by atoms with Crippen molar-refractivity contribution in [3.05, 3.63) is 29.3 Å². The van der Waals surface area contributed by atoms with Crippen molar-refractivity contribution in [3.8, 4) is 5.75 Å².